The molecule has 6 nitrogen and oxygen atoms in total. The van der Waals surface area contributed by atoms with Crippen molar-refractivity contribution in [3.05, 3.63) is 89.5 Å². The number of benzene rings is 3. The van der Waals surface area contributed by atoms with Crippen molar-refractivity contribution in [1.29, 1.82) is 0 Å². The molecule has 0 aliphatic heterocycles. The maximum atomic E-state index is 12.8. The number of Topliss-reactive ketones (excluding diaryl/α,β-unsaturated/α-hetero) is 1. The molecule has 3 aromatic carbocycles. The molecule has 7 heteroatoms. The number of nitrogens with one attached hydrogen (secondary N) is 1. The van der Waals surface area contributed by atoms with Crippen molar-refractivity contribution in [2.45, 2.75) is 18.7 Å². The third-order valence-corrected chi connectivity index (χ3v) is 6.53. The van der Waals surface area contributed by atoms with E-state index in [0.29, 0.717) is 22.5 Å². The van der Waals surface area contributed by atoms with Crippen molar-refractivity contribution in [2.24, 2.45) is 0 Å². The lowest BCUT2D eigenvalue weighted by Gasteiger charge is -2.20. The third kappa shape index (κ3) is 4.41. The quantitative estimate of drug-likeness (QED) is 0.601. The first-order valence-electron chi connectivity index (χ1n) is 9.27. The summed E-state index contributed by atoms with van der Waals surface area (Å²) in [7, 11) is -2.24. The summed E-state index contributed by atoms with van der Waals surface area (Å²) in [5.41, 5.74) is 2.59. The maximum Gasteiger partial charge on any atom is 0.264 e. The Morgan fingerprint density at radius 2 is 1.47 bits per heavy atom. The van der Waals surface area contributed by atoms with Gasteiger partial charge in [-0.25, -0.2) is 8.42 Å². The summed E-state index contributed by atoms with van der Waals surface area (Å²) in [5, 5.41) is 2.73. The highest BCUT2D eigenvalue weighted by atomic mass is 32.2. The molecule has 0 aliphatic rings. The molecule has 3 rings (SSSR count). The van der Waals surface area contributed by atoms with Crippen LogP contribution in [-0.2, 0) is 10.0 Å². The first-order valence-corrected chi connectivity index (χ1v) is 10.7. The van der Waals surface area contributed by atoms with Crippen LogP contribution in [0.25, 0.3) is 0 Å². The minimum atomic E-state index is -3.71. The van der Waals surface area contributed by atoms with Gasteiger partial charge >= 0.3 is 0 Å². The van der Waals surface area contributed by atoms with Crippen LogP contribution in [0.3, 0.4) is 0 Å². The highest BCUT2D eigenvalue weighted by molar-refractivity contribution is 7.92. The smallest absolute Gasteiger partial charge is 0.264 e. The van der Waals surface area contributed by atoms with Gasteiger partial charge in [-0.1, -0.05) is 29.8 Å². The lowest BCUT2D eigenvalue weighted by atomic mass is 10.1. The minimum Gasteiger partial charge on any atom is -0.321 e. The summed E-state index contributed by atoms with van der Waals surface area (Å²) >= 11 is 0. The van der Waals surface area contributed by atoms with Crippen molar-refractivity contribution in [1.82, 2.24) is 0 Å². The normalized spacial score (nSPS) is 11.0. The monoisotopic (exact) mass is 422 g/mol. The van der Waals surface area contributed by atoms with Crippen molar-refractivity contribution < 1.29 is 18.0 Å². The molecule has 0 aliphatic carbocycles. The van der Waals surface area contributed by atoms with Gasteiger partial charge in [0, 0.05) is 18.2 Å². The molecular weight excluding hydrogens is 400 g/mol. The Hall–Kier alpha value is -3.45. The van der Waals surface area contributed by atoms with Crippen molar-refractivity contribution in [3.63, 3.8) is 0 Å². The molecule has 0 aromatic heterocycles. The Labute approximate surface area is 176 Å². The van der Waals surface area contributed by atoms with Gasteiger partial charge in [-0.3, -0.25) is 13.9 Å². The first-order chi connectivity index (χ1) is 14.2. The molecule has 0 bridgehead atoms. The molecule has 0 atom stereocenters. The molecule has 0 saturated heterocycles. The second-order valence-electron chi connectivity index (χ2n) is 6.89. The molecule has 1 amide bonds. The predicted molar refractivity (Wildman–Crippen MR) is 118 cm³/mol. The Kier molecular flexibility index (Phi) is 6.03. The molecule has 0 saturated carbocycles. The van der Waals surface area contributed by atoms with E-state index in [0.717, 1.165) is 5.56 Å². The molecule has 0 spiro atoms. The largest absolute Gasteiger partial charge is 0.321 e. The van der Waals surface area contributed by atoms with E-state index in [9.17, 15) is 18.0 Å². The number of amides is 1. The van der Waals surface area contributed by atoms with Gasteiger partial charge in [-0.05, 0) is 62.4 Å². The van der Waals surface area contributed by atoms with Crippen molar-refractivity contribution in [3.8, 4) is 0 Å². The summed E-state index contributed by atoms with van der Waals surface area (Å²) in [5.74, 6) is -0.538. The number of anilines is 2. The van der Waals surface area contributed by atoms with Gasteiger partial charge in [0.1, 0.15) is 0 Å². The fourth-order valence-electron chi connectivity index (χ4n) is 2.92. The fourth-order valence-corrected chi connectivity index (χ4v) is 4.12. The Balaban J connectivity index is 1.80. The summed E-state index contributed by atoms with van der Waals surface area (Å²) in [6.07, 6.45) is 0. The van der Waals surface area contributed by atoms with Crippen LogP contribution in [0.5, 0.6) is 0 Å². The van der Waals surface area contributed by atoms with Crippen LogP contribution >= 0.6 is 0 Å². The zero-order valence-electron chi connectivity index (χ0n) is 16.9. The molecule has 30 heavy (non-hydrogen) atoms. The number of hydrogen-bond acceptors (Lipinski definition) is 4. The zero-order chi connectivity index (χ0) is 21.9. The number of aryl methyl sites for hydroxylation is 1. The first kappa shape index (κ1) is 21.3. The zero-order valence-corrected chi connectivity index (χ0v) is 17.7. The predicted octanol–water partition coefficient (Wildman–Crippen LogP) is 4.28. The average molecular weight is 423 g/mol. The Bertz CT molecular complexity index is 1180. The standard InChI is InChI=1S/C23H22N2O4S/c1-16-8-14-20(15-9-16)30(28,29)25(3)19-12-10-18(11-13-19)23(27)24-22-7-5-4-6-21(22)17(2)26/h4-15H,1-3H3,(H,24,27). The van der Waals surface area contributed by atoms with E-state index >= 15 is 0 Å². The number of ketones is 1. The average Bonchev–Trinajstić information content (AvgIpc) is 2.74. The molecule has 0 unspecified atom stereocenters. The van der Waals surface area contributed by atoms with Crippen LogP contribution in [0.15, 0.2) is 77.7 Å². The van der Waals surface area contributed by atoms with Gasteiger partial charge in [-0.15, -0.1) is 0 Å². The van der Waals surface area contributed by atoms with E-state index in [-0.39, 0.29) is 16.6 Å². The molecule has 0 fully saturated rings. The van der Waals surface area contributed by atoms with Crippen LogP contribution in [-0.4, -0.2) is 27.2 Å². The van der Waals surface area contributed by atoms with E-state index in [4.69, 9.17) is 0 Å². The van der Waals surface area contributed by atoms with Crippen LogP contribution < -0.4 is 9.62 Å². The molecule has 1 N–H and O–H groups in total. The molecule has 3 aromatic rings. The highest BCUT2D eigenvalue weighted by Gasteiger charge is 2.21. The van der Waals surface area contributed by atoms with Crippen LogP contribution in [0, 0.1) is 6.92 Å². The highest BCUT2D eigenvalue weighted by Crippen LogP contribution is 2.23. The maximum absolute atomic E-state index is 12.8. The molecule has 0 heterocycles. The Morgan fingerprint density at radius 1 is 0.867 bits per heavy atom. The fraction of sp³-hybridized carbons (Fsp3) is 0.130. The summed E-state index contributed by atoms with van der Waals surface area (Å²) in [4.78, 5) is 24.5. The molecule has 0 radical (unpaired) electrons. The van der Waals surface area contributed by atoms with E-state index in [1.165, 1.54) is 18.3 Å². The van der Waals surface area contributed by atoms with Crippen LogP contribution in [0.1, 0.15) is 33.2 Å². The van der Waals surface area contributed by atoms with Crippen molar-refractivity contribution in [2.75, 3.05) is 16.7 Å². The van der Waals surface area contributed by atoms with E-state index < -0.39 is 10.0 Å². The number of para-hydroxylation sites is 1. The van der Waals surface area contributed by atoms with E-state index in [1.807, 2.05) is 6.92 Å². The van der Waals surface area contributed by atoms with Crippen molar-refractivity contribution >= 4 is 33.1 Å². The molecule has 154 valence electrons. The number of hydrogen-bond donors (Lipinski definition) is 1. The van der Waals surface area contributed by atoms with Gasteiger partial charge in [0.25, 0.3) is 15.9 Å². The minimum absolute atomic E-state index is 0.149. The summed E-state index contributed by atoms with van der Waals surface area (Å²) in [6, 6.07) is 19.6. The summed E-state index contributed by atoms with van der Waals surface area (Å²) < 4.78 is 26.8. The van der Waals surface area contributed by atoms with E-state index in [2.05, 4.69) is 5.32 Å². The SMILES string of the molecule is CC(=O)c1ccccc1NC(=O)c1ccc(N(C)S(=O)(=O)c2ccc(C)cc2)cc1. The van der Waals surface area contributed by atoms with Crippen LogP contribution in [0.2, 0.25) is 0 Å². The van der Waals surface area contributed by atoms with Gasteiger partial charge in [-0.2, -0.15) is 0 Å². The second-order valence-corrected chi connectivity index (χ2v) is 8.86. The summed E-state index contributed by atoms with van der Waals surface area (Å²) in [6.45, 7) is 3.32. The topological polar surface area (TPSA) is 83.6 Å². The second kappa shape index (κ2) is 8.51. The Morgan fingerprint density at radius 3 is 2.07 bits per heavy atom. The van der Waals surface area contributed by atoms with E-state index in [1.54, 1.807) is 72.8 Å². The lowest BCUT2D eigenvalue weighted by molar-refractivity contribution is 0.101. The van der Waals surface area contributed by atoms with Gasteiger partial charge < -0.3 is 5.32 Å². The number of carbonyl (C=O) groups excluding carboxylic acids is 2. The number of rotatable bonds is 6. The number of carbonyl (C=O) groups is 2. The van der Waals surface area contributed by atoms with Gasteiger partial charge in [0.15, 0.2) is 5.78 Å². The molecular formula is C23H22N2O4S. The number of nitrogens with zero attached hydrogens (tertiary/aromatic N) is 1. The number of sulfonamides is 1. The lowest BCUT2D eigenvalue weighted by Crippen LogP contribution is -2.26. The van der Waals surface area contributed by atoms with Gasteiger partial charge in [0.2, 0.25) is 0 Å². The van der Waals surface area contributed by atoms with Crippen LogP contribution in [0.4, 0.5) is 11.4 Å². The van der Waals surface area contributed by atoms with Gasteiger partial charge in [0.05, 0.1) is 16.3 Å². The third-order valence-electron chi connectivity index (χ3n) is 4.73.